The number of carbonyl (C=O) groups excluding carboxylic acids is 1. The lowest BCUT2D eigenvalue weighted by Gasteiger charge is -2.00. The van der Waals surface area contributed by atoms with E-state index in [1.807, 2.05) is 0 Å². The lowest BCUT2D eigenvalue weighted by Crippen LogP contribution is -1.99. The van der Waals surface area contributed by atoms with Crippen molar-refractivity contribution < 1.29 is 9.53 Å². The number of hydrogen-bond donors (Lipinski definition) is 0. The molecule has 0 aliphatic carbocycles. The summed E-state index contributed by atoms with van der Waals surface area (Å²) in [6.07, 6.45) is 20.2. The Morgan fingerprint density at radius 2 is 1.30 bits per heavy atom. The molecule has 0 saturated heterocycles. The van der Waals surface area contributed by atoms with Crippen LogP contribution in [0.1, 0.15) is 90.9 Å². The molecule has 0 heterocycles. The molecule has 0 aromatic rings. The predicted octanol–water partition coefficient (Wildman–Crippen LogP) is 5.81. The monoisotopic (exact) mass is 282 g/mol. The van der Waals surface area contributed by atoms with Gasteiger partial charge >= 0.3 is 5.97 Å². The molecule has 0 unspecified atom stereocenters. The van der Waals surface area contributed by atoms with Crippen LogP contribution in [-0.4, -0.2) is 12.6 Å². The molecule has 0 fully saturated rings. The first kappa shape index (κ1) is 19.2. The minimum absolute atomic E-state index is 0.177. The van der Waals surface area contributed by atoms with Crippen LogP contribution in [0.15, 0.2) is 12.2 Å². The van der Waals surface area contributed by atoms with Gasteiger partial charge in [0.05, 0.1) is 6.61 Å². The maximum Gasteiger partial charge on any atom is 0.302 e. The summed E-state index contributed by atoms with van der Waals surface area (Å²) in [5, 5.41) is 0. The first-order valence-corrected chi connectivity index (χ1v) is 8.55. The van der Waals surface area contributed by atoms with Crippen molar-refractivity contribution in [2.24, 2.45) is 0 Å². The van der Waals surface area contributed by atoms with Gasteiger partial charge in [0.15, 0.2) is 0 Å². The number of ether oxygens (including phenoxy) is 1. The van der Waals surface area contributed by atoms with Gasteiger partial charge in [-0.1, -0.05) is 70.4 Å². The molecule has 0 spiro atoms. The Balaban J connectivity index is 3.06. The van der Waals surface area contributed by atoms with E-state index in [0.717, 1.165) is 12.8 Å². The third kappa shape index (κ3) is 17.2. The van der Waals surface area contributed by atoms with Gasteiger partial charge in [-0.25, -0.2) is 0 Å². The summed E-state index contributed by atoms with van der Waals surface area (Å²) >= 11 is 0. The number of unbranched alkanes of at least 4 members (excludes halogenated alkanes) is 10. The highest BCUT2D eigenvalue weighted by Gasteiger charge is 1.92. The molecule has 2 heteroatoms. The van der Waals surface area contributed by atoms with Gasteiger partial charge in [-0.05, 0) is 25.7 Å². The van der Waals surface area contributed by atoms with Gasteiger partial charge in [-0.2, -0.15) is 0 Å². The van der Waals surface area contributed by atoms with Crippen LogP contribution < -0.4 is 0 Å². The average Bonchev–Trinajstić information content (AvgIpc) is 2.43. The molecule has 0 aliphatic rings. The Morgan fingerprint density at radius 3 is 1.85 bits per heavy atom. The topological polar surface area (TPSA) is 26.3 Å². The van der Waals surface area contributed by atoms with E-state index in [0.29, 0.717) is 6.61 Å². The van der Waals surface area contributed by atoms with E-state index >= 15 is 0 Å². The maximum absolute atomic E-state index is 10.5. The first-order chi connectivity index (χ1) is 9.77. The van der Waals surface area contributed by atoms with Crippen LogP contribution in [0.2, 0.25) is 0 Å². The minimum atomic E-state index is -0.177. The molecular formula is C18H34O2. The van der Waals surface area contributed by atoms with Crippen molar-refractivity contribution in [1.82, 2.24) is 0 Å². The fourth-order valence-corrected chi connectivity index (χ4v) is 2.23. The third-order valence-corrected chi connectivity index (χ3v) is 3.46. The number of allylic oxidation sites excluding steroid dienone is 2. The molecule has 0 atom stereocenters. The molecule has 0 bridgehead atoms. The third-order valence-electron chi connectivity index (χ3n) is 3.46. The average molecular weight is 282 g/mol. The highest BCUT2D eigenvalue weighted by Crippen LogP contribution is 2.10. The van der Waals surface area contributed by atoms with Crippen LogP contribution >= 0.6 is 0 Å². The number of rotatable bonds is 14. The Labute approximate surface area is 126 Å². The number of carbonyl (C=O) groups is 1. The van der Waals surface area contributed by atoms with Gasteiger partial charge < -0.3 is 4.74 Å². The fourth-order valence-electron chi connectivity index (χ4n) is 2.23. The maximum atomic E-state index is 10.5. The summed E-state index contributed by atoms with van der Waals surface area (Å²) in [6.45, 7) is 4.28. The second kappa shape index (κ2) is 16.3. The molecule has 118 valence electrons. The lowest BCUT2D eigenvalue weighted by atomic mass is 10.1. The summed E-state index contributed by atoms with van der Waals surface area (Å²) in [7, 11) is 0. The predicted molar refractivity (Wildman–Crippen MR) is 86.9 cm³/mol. The van der Waals surface area contributed by atoms with Gasteiger partial charge in [0.25, 0.3) is 0 Å². The van der Waals surface area contributed by atoms with Crippen molar-refractivity contribution in [3.05, 3.63) is 12.2 Å². The molecule has 0 aromatic heterocycles. The highest BCUT2D eigenvalue weighted by molar-refractivity contribution is 5.65. The first-order valence-electron chi connectivity index (χ1n) is 8.55. The molecule has 0 saturated carbocycles. The lowest BCUT2D eigenvalue weighted by molar-refractivity contribution is -0.141. The molecule has 20 heavy (non-hydrogen) atoms. The Bertz CT molecular complexity index is 234. The number of esters is 1. The quantitative estimate of drug-likeness (QED) is 0.228. The van der Waals surface area contributed by atoms with Crippen molar-refractivity contribution in [3.8, 4) is 0 Å². The van der Waals surface area contributed by atoms with Crippen molar-refractivity contribution in [3.63, 3.8) is 0 Å². The van der Waals surface area contributed by atoms with Crippen molar-refractivity contribution in [1.29, 1.82) is 0 Å². The Kier molecular flexibility index (Phi) is 15.6. The second-order valence-electron chi connectivity index (χ2n) is 5.57. The fraction of sp³-hybridized carbons (Fsp3) is 0.833. The normalized spacial score (nSPS) is 11.1. The smallest absolute Gasteiger partial charge is 0.302 e. The van der Waals surface area contributed by atoms with Crippen LogP contribution in [0.3, 0.4) is 0 Å². The Hall–Kier alpha value is -0.790. The van der Waals surface area contributed by atoms with Gasteiger partial charge in [-0.15, -0.1) is 0 Å². The minimum Gasteiger partial charge on any atom is -0.466 e. The summed E-state index contributed by atoms with van der Waals surface area (Å²) in [6, 6.07) is 0. The van der Waals surface area contributed by atoms with E-state index in [2.05, 4.69) is 19.1 Å². The molecule has 2 nitrogen and oxygen atoms in total. The molecule has 0 radical (unpaired) electrons. The standard InChI is InChI=1S/C18H34O2/c1-3-4-5-6-7-8-9-10-11-12-13-14-15-16-17-20-18(2)19/h13-14H,3-12,15-17H2,1-2H3/b14-13+. The van der Waals surface area contributed by atoms with Gasteiger partial charge in [0.2, 0.25) is 0 Å². The van der Waals surface area contributed by atoms with Gasteiger partial charge in [0, 0.05) is 6.92 Å². The molecule has 0 rings (SSSR count). The summed E-state index contributed by atoms with van der Waals surface area (Å²) in [5.74, 6) is -0.177. The second-order valence-corrected chi connectivity index (χ2v) is 5.57. The summed E-state index contributed by atoms with van der Waals surface area (Å²) in [4.78, 5) is 10.5. The van der Waals surface area contributed by atoms with Crippen LogP contribution in [-0.2, 0) is 9.53 Å². The van der Waals surface area contributed by atoms with E-state index in [-0.39, 0.29) is 5.97 Å². The summed E-state index contributed by atoms with van der Waals surface area (Å²) in [5.41, 5.74) is 0. The molecule has 0 aromatic carbocycles. The van der Waals surface area contributed by atoms with Crippen LogP contribution in [0, 0.1) is 0 Å². The molecule has 0 aliphatic heterocycles. The number of hydrogen-bond acceptors (Lipinski definition) is 2. The largest absolute Gasteiger partial charge is 0.466 e. The zero-order chi connectivity index (χ0) is 14.9. The van der Waals surface area contributed by atoms with Crippen LogP contribution in [0.5, 0.6) is 0 Å². The zero-order valence-corrected chi connectivity index (χ0v) is 13.7. The molecular weight excluding hydrogens is 248 g/mol. The van der Waals surface area contributed by atoms with Crippen molar-refractivity contribution in [2.75, 3.05) is 6.61 Å². The van der Waals surface area contributed by atoms with Crippen LogP contribution in [0.25, 0.3) is 0 Å². The van der Waals surface area contributed by atoms with E-state index in [1.165, 1.54) is 71.1 Å². The zero-order valence-electron chi connectivity index (χ0n) is 13.7. The SMILES string of the molecule is CCCCCCCCCCC/C=C/CCCOC(C)=O. The van der Waals surface area contributed by atoms with Crippen LogP contribution in [0.4, 0.5) is 0 Å². The summed E-state index contributed by atoms with van der Waals surface area (Å²) < 4.78 is 4.88. The molecule has 0 amide bonds. The molecule has 0 N–H and O–H groups in total. The van der Waals surface area contributed by atoms with Gasteiger partial charge in [-0.3, -0.25) is 4.79 Å². The van der Waals surface area contributed by atoms with E-state index in [9.17, 15) is 4.79 Å². The Morgan fingerprint density at radius 1 is 0.800 bits per heavy atom. The van der Waals surface area contributed by atoms with Crippen molar-refractivity contribution >= 4 is 5.97 Å². The highest BCUT2D eigenvalue weighted by atomic mass is 16.5. The van der Waals surface area contributed by atoms with Crippen molar-refractivity contribution in [2.45, 2.75) is 90.9 Å². The van der Waals surface area contributed by atoms with E-state index in [4.69, 9.17) is 4.74 Å². The van der Waals surface area contributed by atoms with E-state index in [1.54, 1.807) is 0 Å². The van der Waals surface area contributed by atoms with E-state index < -0.39 is 0 Å². The van der Waals surface area contributed by atoms with Gasteiger partial charge in [0.1, 0.15) is 0 Å².